The Kier molecular flexibility index (Phi) is 3.45. The fourth-order valence-corrected chi connectivity index (χ4v) is 2.53. The maximum absolute atomic E-state index is 12.2. The van der Waals surface area contributed by atoms with Crippen LogP contribution < -0.4 is 5.56 Å². The van der Waals surface area contributed by atoms with E-state index in [2.05, 4.69) is 9.97 Å². The Balaban J connectivity index is 1.70. The van der Waals surface area contributed by atoms with E-state index in [-0.39, 0.29) is 11.5 Å². The summed E-state index contributed by atoms with van der Waals surface area (Å²) < 4.78 is 1.59. The lowest BCUT2D eigenvalue weighted by atomic mass is 10.3. The Morgan fingerprint density at radius 1 is 1.20 bits per heavy atom. The van der Waals surface area contributed by atoms with Gasteiger partial charge in [-0.2, -0.15) is 0 Å². The average molecular weight is 272 g/mol. The number of hydrogen-bond donors (Lipinski definition) is 0. The minimum Gasteiger partial charge on any atom is -0.343 e. The molecule has 2 aromatic rings. The van der Waals surface area contributed by atoms with E-state index in [4.69, 9.17) is 0 Å². The number of carbonyl (C=O) groups excluding carboxylic acids is 1. The minimum absolute atomic E-state index is 0.0733. The van der Waals surface area contributed by atoms with Crippen LogP contribution >= 0.6 is 0 Å². The average Bonchev–Trinajstić information content (AvgIpc) is 2.87. The molecule has 2 aromatic heterocycles. The third kappa shape index (κ3) is 2.41. The predicted octanol–water partition coefficient (Wildman–Crippen LogP) is 0.804. The molecule has 3 heterocycles. The highest BCUT2D eigenvalue weighted by atomic mass is 16.2. The first kappa shape index (κ1) is 12.8. The SMILES string of the molecule is O=C1CCCN1CCCn1cnc2ncccc2c1=O. The van der Waals surface area contributed by atoms with Crippen LogP contribution in [-0.4, -0.2) is 38.4 Å². The highest BCUT2D eigenvalue weighted by Gasteiger charge is 2.19. The maximum atomic E-state index is 12.2. The van der Waals surface area contributed by atoms with Crippen molar-refractivity contribution in [3.63, 3.8) is 0 Å². The Labute approximate surface area is 116 Å². The molecule has 0 unspecified atom stereocenters. The van der Waals surface area contributed by atoms with Gasteiger partial charge >= 0.3 is 0 Å². The van der Waals surface area contributed by atoms with Crippen molar-refractivity contribution in [2.45, 2.75) is 25.8 Å². The summed E-state index contributed by atoms with van der Waals surface area (Å²) in [5, 5.41) is 0.534. The van der Waals surface area contributed by atoms with Crippen LogP contribution in [0.3, 0.4) is 0 Å². The number of amides is 1. The molecule has 0 radical (unpaired) electrons. The monoisotopic (exact) mass is 272 g/mol. The molecular weight excluding hydrogens is 256 g/mol. The van der Waals surface area contributed by atoms with Gasteiger partial charge in [0.25, 0.3) is 5.56 Å². The highest BCUT2D eigenvalue weighted by Crippen LogP contribution is 2.10. The van der Waals surface area contributed by atoms with Crippen molar-refractivity contribution in [3.05, 3.63) is 35.0 Å². The number of pyridine rings is 1. The van der Waals surface area contributed by atoms with Crippen LogP contribution in [-0.2, 0) is 11.3 Å². The van der Waals surface area contributed by atoms with Gasteiger partial charge in [0.15, 0.2) is 5.65 Å². The molecule has 0 aliphatic carbocycles. The second kappa shape index (κ2) is 5.40. The molecule has 104 valence electrons. The quantitative estimate of drug-likeness (QED) is 0.825. The van der Waals surface area contributed by atoms with E-state index in [0.29, 0.717) is 30.5 Å². The number of nitrogens with zero attached hydrogens (tertiary/aromatic N) is 4. The Hall–Kier alpha value is -2.24. The van der Waals surface area contributed by atoms with Gasteiger partial charge in [0.1, 0.15) is 0 Å². The first-order chi connectivity index (χ1) is 9.75. The Morgan fingerprint density at radius 2 is 2.10 bits per heavy atom. The number of aromatic nitrogens is 3. The smallest absolute Gasteiger partial charge is 0.262 e. The zero-order chi connectivity index (χ0) is 13.9. The second-order valence-corrected chi connectivity index (χ2v) is 4.96. The predicted molar refractivity (Wildman–Crippen MR) is 74.2 cm³/mol. The number of hydrogen-bond acceptors (Lipinski definition) is 4. The van der Waals surface area contributed by atoms with E-state index < -0.39 is 0 Å². The molecular formula is C14H16N4O2. The summed E-state index contributed by atoms with van der Waals surface area (Å²) in [6, 6.07) is 3.47. The molecule has 0 bridgehead atoms. The van der Waals surface area contributed by atoms with Gasteiger partial charge in [-0.3, -0.25) is 14.2 Å². The first-order valence-electron chi connectivity index (χ1n) is 6.83. The summed E-state index contributed by atoms with van der Waals surface area (Å²) in [5.74, 6) is 0.221. The topological polar surface area (TPSA) is 68.1 Å². The molecule has 1 aliphatic rings. The molecule has 20 heavy (non-hydrogen) atoms. The van der Waals surface area contributed by atoms with Crippen LogP contribution in [0.1, 0.15) is 19.3 Å². The number of fused-ring (bicyclic) bond motifs is 1. The summed E-state index contributed by atoms with van der Waals surface area (Å²) in [6.07, 6.45) is 5.52. The number of carbonyl (C=O) groups is 1. The molecule has 6 nitrogen and oxygen atoms in total. The van der Waals surface area contributed by atoms with Gasteiger partial charge in [-0.25, -0.2) is 9.97 Å². The van der Waals surface area contributed by atoms with Crippen molar-refractivity contribution in [2.24, 2.45) is 0 Å². The lowest BCUT2D eigenvalue weighted by Crippen LogP contribution is -2.28. The van der Waals surface area contributed by atoms with E-state index in [1.54, 1.807) is 22.9 Å². The van der Waals surface area contributed by atoms with Crippen LogP contribution in [0, 0.1) is 0 Å². The van der Waals surface area contributed by atoms with E-state index in [0.717, 1.165) is 19.4 Å². The molecule has 6 heteroatoms. The lowest BCUT2D eigenvalue weighted by Gasteiger charge is -2.15. The standard InChI is InChI=1S/C14H16N4O2/c19-12-5-2-7-17(12)8-3-9-18-10-16-13-11(14(18)20)4-1-6-15-13/h1,4,6,10H,2-3,5,7-9H2. The fourth-order valence-electron chi connectivity index (χ4n) is 2.53. The van der Waals surface area contributed by atoms with Crippen molar-refractivity contribution in [1.29, 1.82) is 0 Å². The fraction of sp³-hybridized carbons (Fsp3) is 0.429. The van der Waals surface area contributed by atoms with Crippen LogP contribution in [0.2, 0.25) is 0 Å². The zero-order valence-electron chi connectivity index (χ0n) is 11.2. The normalized spacial score (nSPS) is 15.2. The van der Waals surface area contributed by atoms with Crippen molar-refractivity contribution >= 4 is 16.9 Å². The zero-order valence-corrected chi connectivity index (χ0v) is 11.2. The third-order valence-corrected chi connectivity index (χ3v) is 3.60. The molecule has 1 amide bonds. The summed E-state index contributed by atoms with van der Waals surface area (Å²) in [5.41, 5.74) is 0.402. The largest absolute Gasteiger partial charge is 0.343 e. The minimum atomic E-state index is -0.0733. The van der Waals surface area contributed by atoms with Gasteiger partial charge in [-0.1, -0.05) is 0 Å². The van der Waals surface area contributed by atoms with E-state index in [9.17, 15) is 9.59 Å². The van der Waals surface area contributed by atoms with Gasteiger partial charge in [0, 0.05) is 32.3 Å². The number of likely N-dealkylation sites (tertiary alicyclic amines) is 1. The number of aryl methyl sites for hydroxylation is 1. The Morgan fingerprint density at radius 3 is 2.90 bits per heavy atom. The van der Waals surface area contributed by atoms with Crippen molar-refractivity contribution in [2.75, 3.05) is 13.1 Å². The van der Waals surface area contributed by atoms with Crippen LogP contribution in [0.5, 0.6) is 0 Å². The van der Waals surface area contributed by atoms with Gasteiger partial charge in [0.05, 0.1) is 11.7 Å². The van der Waals surface area contributed by atoms with Gasteiger partial charge in [0.2, 0.25) is 5.91 Å². The Bertz CT molecular complexity index is 695. The van der Waals surface area contributed by atoms with Gasteiger partial charge in [-0.05, 0) is 25.0 Å². The lowest BCUT2D eigenvalue weighted by molar-refractivity contribution is -0.127. The summed E-state index contributed by atoms with van der Waals surface area (Å²) >= 11 is 0. The van der Waals surface area contributed by atoms with Crippen molar-refractivity contribution < 1.29 is 4.79 Å². The summed E-state index contributed by atoms with van der Waals surface area (Å²) in [4.78, 5) is 33.8. The van der Waals surface area contributed by atoms with Crippen molar-refractivity contribution in [1.82, 2.24) is 19.4 Å². The molecule has 1 fully saturated rings. The second-order valence-electron chi connectivity index (χ2n) is 4.96. The summed E-state index contributed by atoms with van der Waals surface area (Å²) in [7, 11) is 0. The number of rotatable bonds is 4. The van der Waals surface area contributed by atoms with Gasteiger partial charge < -0.3 is 4.90 Å². The highest BCUT2D eigenvalue weighted by molar-refractivity contribution is 5.78. The molecule has 0 aromatic carbocycles. The maximum Gasteiger partial charge on any atom is 0.262 e. The van der Waals surface area contributed by atoms with Crippen molar-refractivity contribution in [3.8, 4) is 0 Å². The van der Waals surface area contributed by atoms with Gasteiger partial charge in [-0.15, -0.1) is 0 Å². The van der Waals surface area contributed by atoms with Crippen LogP contribution in [0.15, 0.2) is 29.5 Å². The molecule has 3 rings (SSSR count). The summed E-state index contributed by atoms with van der Waals surface area (Å²) in [6.45, 7) is 2.12. The molecule has 0 spiro atoms. The van der Waals surface area contributed by atoms with Crippen LogP contribution in [0.25, 0.3) is 11.0 Å². The molecule has 1 saturated heterocycles. The van der Waals surface area contributed by atoms with Crippen LogP contribution in [0.4, 0.5) is 0 Å². The van der Waals surface area contributed by atoms with E-state index >= 15 is 0 Å². The molecule has 0 N–H and O–H groups in total. The molecule has 1 aliphatic heterocycles. The third-order valence-electron chi connectivity index (χ3n) is 3.60. The molecule has 0 saturated carbocycles. The molecule has 0 atom stereocenters. The van der Waals surface area contributed by atoms with E-state index in [1.807, 2.05) is 4.90 Å². The first-order valence-corrected chi connectivity index (χ1v) is 6.83. The van der Waals surface area contributed by atoms with E-state index in [1.165, 1.54) is 6.33 Å².